The monoisotopic (exact) mass is 774 g/mol. The van der Waals surface area contributed by atoms with Crippen LogP contribution in [0.5, 0.6) is 11.5 Å². The maximum Gasteiger partial charge on any atom is 0.573 e. The van der Waals surface area contributed by atoms with E-state index in [1.54, 1.807) is 120 Å². The SMILES string of the molecule is O=C(NO)C(c1ccccc1)c1ccc(-c2ccc(OC(F)(F)F)cc2)cc1.O=C(NO)C(c1ccccc1)c1ccc(-c2ccccc2OC(F)(F)F)cc1. The number of carbonyl (C=O) groups is 2. The Morgan fingerprint density at radius 2 is 0.804 bits per heavy atom. The summed E-state index contributed by atoms with van der Waals surface area (Å²) in [5.74, 6) is -3.23. The van der Waals surface area contributed by atoms with E-state index in [2.05, 4.69) is 9.47 Å². The normalized spacial score (nSPS) is 12.3. The largest absolute Gasteiger partial charge is 0.573 e. The van der Waals surface area contributed by atoms with Crippen LogP contribution in [0.1, 0.15) is 34.1 Å². The van der Waals surface area contributed by atoms with Crippen LogP contribution in [-0.2, 0) is 9.59 Å². The number of halogens is 6. The molecule has 0 aromatic heterocycles. The van der Waals surface area contributed by atoms with E-state index in [0.29, 0.717) is 27.8 Å². The summed E-state index contributed by atoms with van der Waals surface area (Å²) in [6, 6.07) is 42.6. The molecule has 288 valence electrons. The molecule has 0 bridgehead atoms. The van der Waals surface area contributed by atoms with Crippen LogP contribution in [0.2, 0.25) is 0 Å². The van der Waals surface area contributed by atoms with Gasteiger partial charge in [-0.1, -0.05) is 140 Å². The topological polar surface area (TPSA) is 117 Å². The third-order valence-corrected chi connectivity index (χ3v) is 8.34. The molecule has 0 fully saturated rings. The molecule has 6 aromatic carbocycles. The second-order valence-corrected chi connectivity index (χ2v) is 12.0. The van der Waals surface area contributed by atoms with Crippen LogP contribution < -0.4 is 20.4 Å². The van der Waals surface area contributed by atoms with Gasteiger partial charge in [0.05, 0.1) is 11.8 Å². The van der Waals surface area contributed by atoms with Crippen molar-refractivity contribution in [2.45, 2.75) is 24.6 Å². The average Bonchev–Trinajstić information content (AvgIpc) is 3.19. The van der Waals surface area contributed by atoms with Crippen LogP contribution in [0.25, 0.3) is 22.3 Å². The van der Waals surface area contributed by atoms with Crippen LogP contribution in [0.15, 0.2) is 158 Å². The fourth-order valence-electron chi connectivity index (χ4n) is 5.90. The van der Waals surface area contributed by atoms with Crippen LogP contribution in [0.3, 0.4) is 0 Å². The van der Waals surface area contributed by atoms with Crippen molar-refractivity contribution in [3.05, 3.63) is 180 Å². The highest BCUT2D eigenvalue weighted by Crippen LogP contribution is 2.35. The molecule has 14 heteroatoms. The summed E-state index contributed by atoms with van der Waals surface area (Å²) in [4.78, 5) is 24.3. The number of benzene rings is 6. The zero-order valence-electron chi connectivity index (χ0n) is 29.0. The molecule has 56 heavy (non-hydrogen) atoms. The van der Waals surface area contributed by atoms with Crippen LogP contribution in [0.4, 0.5) is 26.3 Å². The zero-order chi connectivity index (χ0) is 40.3. The lowest BCUT2D eigenvalue weighted by Gasteiger charge is -2.17. The van der Waals surface area contributed by atoms with Gasteiger partial charge in [0, 0.05) is 5.56 Å². The van der Waals surface area contributed by atoms with E-state index in [-0.39, 0.29) is 17.1 Å². The lowest BCUT2D eigenvalue weighted by atomic mass is 9.89. The minimum atomic E-state index is -4.80. The molecule has 0 aliphatic carbocycles. The summed E-state index contributed by atoms with van der Waals surface area (Å²) in [6.07, 6.45) is -9.53. The number of para-hydroxylation sites is 1. The van der Waals surface area contributed by atoms with Crippen molar-refractivity contribution in [2.75, 3.05) is 0 Å². The van der Waals surface area contributed by atoms with Crippen LogP contribution >= 0.6 is 0 Å². The van der Waals surface area contributed by atoms with Gasteiger partial charge in [-0.2, -0.15) is 0 Å². The van der Waals surface area contributed by atoms with E-state index in [1.807, 2.05) is 6.07 Å². The molecule has 0 saturated carbocycles. The van der Waals surface area contributed by atoms with Gasteiger partial charge in [-0.15, -0.1) is 26.3 Å². The maximum absolute atomic E-state index is 12.6. The summed E-state index contributed by atoms with van der Waals surface area (Å²) in [7, 11) is 0. The minimum absolute atomic E-state index is 0.272. The molecular weight excluding hydrogens is 742 g/mol. The number of alkyl halides is 6. The molecular formula is C42H32F6N2O6. The highest BCUT2D eigenvalue weighted by Gasteiger charge is 2.33. The number of carbonyl (C=O) groups excluding carboxylic acids is 2. The van der Waals surface area contributed by atoms with Gasteiger partial charge in [-0.05, 0) is 57.1 Å². The number of rotatable bonds is 10. The molecule has 0 radical (unpaired) electrons. The Labute approximate surface area is 316 Å². The quantitative estimate of drug-likeness (QED) is 0.0626. The molecule has 0 saturated heterocycles. The molecule has 2 amide bonds. The van der Waals surface area contributed by atoms with E-state index < -0.39 is 36.4 Å². The minimum Gasteiger partial charge on any atom is -0.406 e. The van der Waals surface area contributed by atoms with E-state index in [4.69, 9.17) is 10.4 Å². The van der Waals surface area contributed by atoms with E-state index >= 15 is 0 Å². The number of hydroxylamine groups is 2. The number of ether oxygens (including phenoxy) is 2. The fourth-order valence-corrected chi connectivity index (χ4v) is 5.90. The molecule has 2 atom stereocenters. The summed E-state index contributed by atoms with van der Waals surface area (Å²) in [5.41, 5.74) is 8.21. The van der Waals surface area contributed by atoms with Crippen molar-refractivity contribution in [1.82, 2.24) is 11.0 Å². The summed E-state index contributed by atoms with van der Waals surface area (Å²) in [5, 5.41) is 18.2. The number of hydrogen-bond donors (Lipinski definition) is 4. The summed E-state index contributed by atoms with van der Waals surface area (Å²) < 4.78 is 82.6. The van der Waals surface area contributed by atoms with Gasteiger partial charge in [0.1, 0.15) is 11.5 Å². The zero-order valence-corrected chi connectivity index (χ0v) is 29.0. The van der Waals surface area contributed by atoms with Crippen molar-refractivity contribution in [1.29, 1.82) is 0 Å². The third kappa shape index (κ3) is 11.0. The fraction of sp³-hybridized carbons (Fsp3) is 0.0952. The van der Waals surface area contributed by atoms with Crippen LogP contribution in [-0.4, -0.2) is 35.0 Å². The van der Waals surface area contributed by atoms with Gasteiger partial charge in [0.25, 0.3) is 11.8 Å². The first-order valence-corrected chi connectivity index (χ1v) is 16.7. The van der Waals surface area contributed by atoms with Crippen LogP contribution in [0, 0.1) is 0 Å². The molecule has 6 aromatic rings. The Kier molecular flexibility index (Phi) is 13.1. The second-order valence-electron chi connectivity index (χ2n) is 12.0. The van der Waals surface area contributed by atoms with E-state index in [0.717, 1.165) is 11.1 Å². The van der Waals surface area contributed by atoms with Crippen molar-refractivity contribution in [3.8, 4) is 33.8 Å². The van der Waals surface area contributed by atoms with Gasteiger partial charge in [-0.25, -0.2) is 11.0 Å². The molecule has 4 N–H and O–H groups in total. The van der Waals surface area contributed by atoms with Crippen molar-refractivity contribution in [2.24, 2.45) is 0 Å². The molecule has 6 rings (SSSR count). The van der Waals surface area contributed by atoms with Gasteiger partial charge in [-0.3, -0.25) is 20.0 Å². The predicted octanol–water partition coefficient (Wildman–Crippen LogP) is 9.78. The molecule has 0 aliphatic rings. The molecule has 8 nitrogen and oxygen atoms in total. The third-order valence-electron chi connectivity index (χ3n) is 8.34. The standard InChI is InChI=1S/2C21H16F3NO3/c22-21(23,24)28-18-9-5-4-8-17(18)14-10-12-16(13-11-14)19(20(26)25-27)15-6-2-1-3-7-15;22-21(23,24)28-18-12-10-15(11-13-18)14-6-8-17(9-7-14)19(20(26)25-27)16-4-2-1-3-5-16/h2*1-13,19,27H,(H,25,26). The summed E-state index contributed by atoms with van der Waals surface area (Å²) >= 11 is 0. The van der Waals surface area contributed by atoms with Gasteiger partial charge in [0.15, 0.2) is 0 Å². The highest BCUT2D eigenvalue weighted by molar-refractivity contribution is 5.87. The Morgan fingerprint density at radius 3 is 1.21 bits per heavy atom. The first-order valence-electron chi connectivity index (χ1n) is 16.7. The molecule has 0 spiro atoms. The van der Waals surface area contributed by atoms with Crippen molar-refractivity contribution < 1.29 is 55.8 Å². The lowest BCUT2D eigenvalue weighted by molar-refractivity contribution is -0.275. The first kappa shape index (κ1) is 40.5. The Hall–Kier alpha value is -6.64. The van der Waals surface area contributed by atoms with Gasteiger partial charge < -0.3 is 9.47 Å². The number of amides is 2. The highest BCUT2D eigenvalue weighted by atomic mass is 19.4. The smallest absolute Gasteiger partial charge is 0.406 e. The number of nitrogens with one attached hydrogen (secondary N) is 2. The van der Waals surface area contributed by atoms with E-state index in [9.17, 15) is 35.9 Å². The average molecular weight is 775 g/mol. The lowest BCUT2D eigenvalue weighted by Crippen LogP contribution is -2.27. The number of hydrogen-bond acceptors (Lipinski definition) is 6. The Balaban J connectivity index is 0.000000214. The molecule has 0 aliphatic heterocycles. The van der Waals surface area contributed by atoms with Crippen molar-refractivity contribution >= 4 is 11.8 Å². The summed E-state index contributed by atoms with van der Waals surface area (Å²) in [6.45, 7) is 0. The second kappa shape index (κ2) is 18.1. The molecule has 2 unspecified atom stereocenters. The van der Waals surface area contributed by atoms with Crippen molar-refractivity contribution in [3.63, 3.8) is 0 Å². The Bertz CT molecular complexity index is 2180. The predicted molar refractivity (Wildman–Crippen MR) is 194 cm³/mol. The Morgan fingerprint density at radius 1 is 0.446 bits per heavy atom. The molecule has 0 heterocycles. The maximum atomic E-state index is 12.6. The van der Waals surface area contributed by atoms with E-state index in [1.165, 1.54) is 42.5 Å². The van der Waals surface area contributed by atoms with Gasteiger partial charge in [0.2, 0.25) is 0 Å². The van der Waals surface area contributed by atoms with Gasteiger partial charge >= 0.3 is 12.7 Å². The first-order chi connectivity index (χ1) is 26.8.